The number of nitrogens with zero attached hydrogens (tertiary/aromatic N) is 1. The van der Waals surface area contributed by atoms with Crippen molar-refractivity contribution >= 4 is 11.6 Å². The van der Waals surface area contributed by atoms with Gasteiger partial charge >= 0.3 is 0 Å². The van der Waals surface area contributed by atoms with Gasteiger partial charge in [-0.05, 0) is 30.0 Å². The molecule has 100 valence electrons. The number of halogens is 1. The fourth-order valence-electron chi connectivity index (χ4n) is 1.89. The molecule has 0 fully saturated rings. The summed E-state index contributed by atoms with van der Waals surface area (Å²) in [4.78, 5) is 4.05. The minimum atomic E-state index is 0.500. The molecule has 1 unspecified atom stereocenters. The average molecular weight is 276 g/mol. The van der Waals surface area contributed by atoms with E-state index in [1.807, 2.05) is 18.2 Å². The Morgan fingerprint density at radius 1 is 1.21 bits per heavy atom. The molecule has 0 saturated carbocycles. The molecule has 0 aliphatic heterocycles. The third kappa shape index (κ3) is 3.71. The number of benzene rings is 1. The van der Waals surface area contributed by atoms with Crippen LogP contribution in [0.25, 0.3) is 0 Å². The summed E-state index contributed by atoms with van der Waals surface area (Å²) in [5.74, 6) is 1.45. The van der Waals surface area contributed by atoms with E-state index in [2.05, 4.69) is 31.0 Å². The maximum absolute atomic E-state index is 5.90. The predicted octanol–water partition coefficient (Wildman–Crippen LogP) is 4.83. The summed E-state index contributed by atoms with van der Waals surface area (Å²) in [6, 6.07) is 11.9. The van der Waals surface area contributed by atoms with Crippen LogP contribution in [0.1, 0.15) is 37.3 Å². The van der Waals surface area contributed by atoms with E-state index in [-0.39, 0.29) is 0 Å². The minimum Gasteiger partial charge on any atom is -0.489 e. The van der Waals surface area contributed by atoms with Crippen LogP contribution in [-0.4, -0.2) is 4.98 Å². The van der Waals surface area contributed by atoms with Gasteiger partial charge in [0.25, 0.3) is 0 Å². The van der Waals surface area contributed by atoms with Gasteiger partial charge < -0.3 is 4.74 Å². The lowest BCUT2D eigenvalue weighted by Crippen LogP contribution is -2.01. The first-order valence-corrected chi connectivity index (χ1v) is 6.90. The number of rotatable bonds is 5. The van der Waals surface area contributed by atoms with Crippen molar-refractivity contribution < 1.29 is 4.74 Å². The summed E-state index contributed by atoms with van der Waals surface area (Å²) in [6.45, 7) is 4.91. The molecule has 2 aromatic rings. The van der Waals surface area contributed by atoms with E-state index in [1.165, 1.54) is 5.56 Å². The van der Waals surface area contributed by atoms with Crippen molar-refractivity contribution in [3.63, 3.8) is 0 Å². The van der Waals surface area contributed by atoms with Gasteiger partial charge in [0, 0.05) is 11.8 Å². The Balaban J connectivity index is 2.09. The Kier molecular flexibility index (Phi) is 4.80. The van der Waals surface area contributed by atoms with Gasteiger partial charge in [-0.2, -0.15) is 0 Å². The first-order valence-electron chi connectivity index (χ1n) is 6.53. The second-order valence-electron chi connectivity index (χ2n) is 4.62. The highest BCUT2D eigenvalue weighted by Gasteiger charge is 2.09. The van der Waals surface area contributed by atoms with Crippen molar-refractivity contribution in [3.8, 4) is 5.75 Å². The van der Waals surface area contributed by atoms with Gasteiger partial charge in [0.05, 0.1) is 0 Å². The number of pyridine rings is 1. The highest BCUT2D eigenvalue weighted by Crippen LogP contribution is 2.28. The van der Waals surface area contributed by atoms with Crippen LogP contribution in [0.4, 0.5) is 0 Å². The van der Waals surface area contributed by atoms with Crippen LogP contribution in [0.3, 0.4) is 0 Å². The van der Waals surface area contributed by atoms with E-state index in [0.29, 0.717) is 17.7 Å². The van der Waals surface area contributed by atoms with Gasteiger partial charge in [-0.3, -0.25) is 0 Å². The van der Waals surface area contributed by atoms with Gasteiger partial charge in [-0.1, -0.05) is 49.7 Å². The van der Waals surface area contributed by atoms with E-state index >= 15 is 0 Å². The van der Waals surface area contributed by atoms with Gasteiger partial charge in [-0.25, -0.2) is 4.98 Å². The standard InChI is InChI=1S/C16H18ClNO/c1-3-12(2)14-6-4-5-7-15(14)19-11-13-8-9-16(17)18-10-13/h4-10,12H,3,11H2,1-2H3. The van der Waals surface area contributed by atoms with Crippen LogP contribution in [0.2, 0.25) is 5.15 Å². The molecular formula is C16H18ClNO. The average Bonchev–Trinajstić information content (AvgIpc) is 2.46. The number of aromatic nitrogens is 1. The Morgan fingerprint density at radius 2 is 2.00 bits per heavy atom. The van der Waals surface area contributed by atoms with Crippen molar-refractivity contribution in [2.24, 2.45) is 0 Å². The zero-order valence-electron chi connectivity index (χ0n) is 11.3. The topological polar surface area (TPSA) is 22.1 Å². The van der Waals surface area contributed by atoms with Crippen LogP contribution in [0, 0.1) is 0 Å². The molecule has 19 heavy (non-hydrogen) atoms. The molecule has 3 heteroatoms. The Morgan fingerprint density at radius 3 is 2.68 bits per heavy atom. The molecule has 2 nitrogen and oxygen atoms in total. The summed E-state index contributed by atoms with van der Waals surface area (Å²) < 4.78 is 5.90. The molecule has 0 aliphatic carbocycles. The van der Waals surface area contributed by atoms with Gasteiger partial charge in [0.2, 0.25) is 0 Å². The molecule has 0 saturated heterocycles. The third-order valence-corrected chi connectivity index (χ3v) is 3.47. The summed E-state index contributed by atoms with van der Waals surface area (Å²) >= 11 is 5.76. The maximum Gasteiger partial charge on any atom is 0.129 e. The quantitative estimate of drug-likeness (QED) is 0.729. The molecule has 0 aliphatic rings. The Hall–Kier alpha value is -1.54. The summed E-state index contributed by atoms with van der Waals surface area (Å²) in [7, 11) is 0. The smallest absolute Gasteiger partial charge is 0.129 e. The molecule has 2 rings (SSSR count). The lowest BCUT2D eigenvalue weighted by molar-refractivity contribution is 0.300. The molecule has 1 heterocycles. The lowest BCUT2D eigenvalue weighted by atomic mass is 9.98. The molecule has 1 aromatic heterocycles. The van der Waals surface area contributed by atoms with Crippen molar-refractivity contribution in [1.82, 2.24) is 4.98 Å². The van der Waals surface area contributed by atoms with E-state index in [0.717, 1.165) is 17.7 Å². The minimum absolute atomic E-state index is 0.500. The molecule has 0 spiro atoms. The van der Waals surface area contributed by atoms with Crippen LogP contribution in [0.15, 0.2) is 42.6 Å². The highest BCUT2D eigenvalue weighted by molar-refractivity contribution is 6.29. The van der Waals surface area contributed by atoms with Gasteiger partial charge in [-0.15, -0.1) is 0 Å². The molecule has 0 N–H and O–H groups in total. The third-order valence-electron chi connectivity index (χ3n) is 3.25. The largest absolute Gasteiger partial charge is 0.489 e. The summed E-state index contributed by atoms with van der Waals surface area (Å²) in [5, 5.41) is 0.503. The molecule has 1 aromatic carbocycles. The van der Waals surface area contributed by atoms with Gasteiger partial charge in [0.15, 0.2) is 0 Å². The van der Waals surface area contributed by atoms with E-state index in [9.17, 15) is 0 Å². The Bertz CT molecular complexity index is 525. The normalized spacial score (nSPS) is 12.2. The SMILES string of the molecule is CCC(C)c1ccccc1OCc1ccc(Cl)nc1. The van der Waals surface area contributed by atoms with Crippen molar-refractivity contribution in [2.75, 3.05) is 0 Å². The van der Waals surface area contributed by atoms with Crippen molar-refractivity contribution in [2.45, 2.75) is 32.8 Å². The van der Waals surface area contributed by atoms with E-state index < -0.39 is 0 Å². The van der Waals surface area contributed by atoms with Crippen LogP contribution < -0.4 is 4.74 Å². The fourth-order valence-corrected chi connectivity index (χ4v) is 2.00. The molecule has 1 atom stereocenters. The summed E-state index contributed by atoms with van der Waals surface area (Å²) in [5.41, 5.74) is 2.27. The first kappa shape index (κ1) is 13.9. The van der Waals surface area contributed by atoms with Crippen LogP contribution in [-0.2, 0) is 6.61 Å². The monoisotopic (exact) mass is 275 g/mol. The van der Waals surface area contributed by atoms with E-state index in [1.54, 1.807) is 12.3 Å². The van der Waals surface area contributed by atoms with E-state index in [4.69, 9.17) is 16.3 Å². The lowest BCUT2D eigenvalue weighted by Gasteiger charge is -2.15. The highest BCUT2D eigenvalue weighted by atomic mass is 35.5. The number of hydrogen-bond donors (Lipinski definition) is 0. The maximum atomic E-state index is 5.90. The fraction of sp³-hybridized carbons (Fsp3) is 0.312. The zero-order chi connectivity index (χ0) is 13.7. The molecule has 0 amide bonds. The predicted molar refractivity (Wildman–Crippen MR) is 78.7 cm³/mol. The molecule has 0 radical (unpaired) electrons. The van der Waals surface area contributed by atoms with Crippen molar-refractivity contribution in [3.05, 3.63) is 58.9 Å². The summed E-state index contributed by atoms with van der Waals surface area (Å²) in [6.07, 6.45) is 2.84. The van der Waals surface area contributed by atoms with Gasteiger partial charge in [0.1, 0.15) is 17.5 Å². The molecule has 0 bridgehead atoms. The number of ether oxygens (including phenoxy) is 1. The number of hydrogen-bond acceptors (Lipinski definition) is 2. The molecular weight excluding hydrogens is 258 g/mol. The second kappa shape index (κ2) is 6.58. The van der Waals surface area contributed by atoms with Crippen LogP contribution in [0.5, 0.6) is 5.75 Å². The first-order chi connectivity index (χ1) is 9.20. The van der Waals surface area contributed by atoms with Crippen LogP contribution >= 0.6 is 11.6 Å². The Labute approximate surface area is 119 Å². The number of para-hydroxylation sites is 1. The second-order valence-corrected chi connectivity index (χ2v) is 5.01. The van der Waals surface area contributed by atoms with Crippen molar-refractivity contribution in [1.29, 1.82) is 0 Å². The zero-order valence-corrected chi connectivity index (χ0v) is 12.0.